The lowest BCUT2D eigenvalue weighted by atomic mass is 9.61. The van der Waals surface area contributed by atoms with E-state index in [0.717, 1.165) is 0 Å². The molecule has 17 nitrogen and oxygen atoms in total. The van der Waals surface area contributed by atoms with Gasteiger partial charge in [0.15, 0.2) is 5.60 Å². The highest BCUT2D eigenvalue weighted by Crippen LogP contribution is 2.52. The Labute approximate surface area is 361 Å². The van der Waals surface area contributed by atoms with Crippen LogP contribution in [0.2, 0.25) is 0 Å². The maximum Gasteiger partial charge on any atom is 0.336 e. The minimum Gasteiger partial charge on any atom is -0.481 e. The molecule has 2 aliphatic heterocycles. The average Bonchev–Trinajstić information content (AvgIpc) is 3.70. The van der Waals surface area contributed by atoms with Gasteiger partial charge in [-0.15, -0.1) is 0 Å². The van der Waals surface area contributed by atoms with Gasteiger partial charge in [0.1, 0.15) is 36.9 Å². The molecule has 17 heteroatoms. The Hall–Kier alpha value is -4.16. The lowest BCUT2D eigenvalue weighted by Crippen LogP contribution is -2.55. The number of carboxylic acid groups (broad SMARTS) is 2. The van der Waals surface area contributed by atoms with E-state index >= 15 is 0 Å². The molecule has 7 N–H and O–H groups in total. The monoisotopic (exact) mass is 876 g/mol. The molecule has 0 spiro atoms. The molecule has 12 atom stereocenters. The molecule has 2 saturated heterocycles. The first-order valence-corrected chi connectivity index (χ1v) is 21.7. The number of cyclic esters (lactones) is 2. The van der Waals surface area contributed by atoms with E-state index in [-0.39, 0.29) is 78.8 Å². The normalized spacial score (nSPS) is 36.5. The third-order valence-electron chi connectivity index (χ3n) is 14.6. The summed E-state index contributed by atoms with van der Waals surface area (Å²) in [5.41, 5.74) is -6.18. The molecule has 0 bridgehead atoms. The van der Waals surface area contributed by atoms with Gasteiger partial charge < -0.3 is 54.7 Å². The van der Waals surface area contributed by atoms with Gasteiger partial charge in [0.05, 0.1) is 48.4 Å². The van der Waals surface area contributed by atoms with Crippen molar-refractivity contribution in [3.63, 3.8) is 0 Å². The molecule has 5 fully saturated rings. The number of aliphatic carboxylic acids is 2. The maximum atomic E-state index is 14.1. The van der Waals surface area contributed by atoms with E-state index in [4.69, 9.17) is 18.9 Å². The van der Waals surface area contributed by atoms with Crippen LogP contribution in [0.15, 0.2) is 34.9 Å². The van der Waals surface area contributed by atoms with E-state index in [2.05, 4.69) is 0 Å². The molecule has 2 heterocycles. The molecule has 0 unspecified atom stereocenters. The topological polar surface area (TPSA) is 281 Å². The van der Waals surface area contributed by atoms with Crippen molar-refractivity contribution in [2.75, 3.05) is 39.6 Å². The van der Waals surface area contributed by atoms with Gasteiger partial charge in [-0.2, -0.15) is 0 Å². The summed E-state index contributed by atoms with van der Waals surface area (Å²) in [6.45, 7) is 7.46. The summed E-state index contributed by atoms with van der Waals surface area (Å²) in [5.74, 6) is -13.9. The average molecular weight is 877 g/mol. The van der Waals surface area contributed by atoms with Gasteiger partial charge in [-0.05, 0) is 91.8 Å². The molecule has 346 valence electrons. The van der Waals surface area contributed by atoms with E-state index in [9.17, 15) is 64.5 Å². The first kappa shape index (κ1) is 48.9. The second-order valence-corrected chi connectivity index (χ2v) is 19.2. The molecule has 0 radical (unpaired) electrons. The molecule has 3 saturated carbocycles. The molecular formula is C45H64O17. The zero-order chi connectivity index (χ0) is 46.1. The SMILES string of the molecule is CC(C)[C@H]1CC[C@@](O)(COC(=O)/C(=C/[C@@H]2[C@@H](C(C)C)CC[C@@]3(O)COC(=O)[C@@H]23)CO)[C@@H](C(=O)O)[C@@H]1/C=C(\CO)C(=O)O[C@@]12CC[C@H](C(C)C)[C@@H](/C=C(\CO)C(=O)O)[C@@H]1C(=O)OC2. The number of allylic oxidation sites excluding steroid dienone is 3. The minimum atomic E-state index is -2.21. The van der Waals surface area contributed by atoms with Crippen molar-refractivity contribution in [1.29, 1.82) is 0 Å². The lowest BCUT2D eigenvalue weighted by molar-refractivity contribution is -0.179. The molecule has 5 rings (SSSR count). The third-order valence-corrected chi connectivity index (χ3v) is 14.6. The van der Waals surface area contributed by atoms with Crippen LogP contribution in [0.25, 0.3) is 0 Å². The summed E-state index contributed by atoms with van der Waals surface area (Å²) in [4.78, 5) is 79.1. The van der Waals surface area contributed by atoms with Crippen molar-refractivity contribution < 1.29 is 83.5 Å². The molecule has 3 aliphatic carbocycles. The Balaban J connectivity index is 1.43. The first-order valence-electron chi connectivity index (χ1n) is 21.7. The number of hydrogen-bond donors (Lipinski definition) is 7. The highest BCUT2D eigenvalue weighted by molar-refractivity contribution is 5.91. The first-order chi connectivity index (χ1) is 29.1. The lowest BCUT2D eigenvalue weighted by Gasteiger charge is -2.47. The fraction of sp³-hybridized carbons (Fsp3) is 0.733. The van der Waals surface area contributed by atoms with Crippen LogP contribution in [0.5, 0.6) is 0 Å². The Morgan fingerprint density at radius 2 is 1.13 bits per heavy atom. The van der Waals surface area contributed by atoms with Crippen molar-refractivity contribution in [3.05, 3.63) is 34.9 Å². The predicted octanol–water partition coefficient (Wildman–Crippen LogP) is 2.21. The van der Waals surface area contributed by atoms with Gasteiger partial charge in [-0.3, -0.25) is 14.4 Å². The predicted molar refractivity (Wildman–Crippen MR) is 216 cm³/mol. The van der Waals surface area contributed by atoms with Crippen LogP contribution in [-0.2, 0) is 47.7 Å². The fourth-order valence-electron chi connectivity index (χ4n) is 11.2. The number of carbonyl (C=O) groups is 6. The summed E-state index contributed by atoms with van der Waals surface area (Å²) >= 11 is 0. The van der Waals surface area contributed by atoms with Gasteiger partial charge in [0.25, 0.3) is 0 Å². The number of carboxylic acids is 2. The van der Waals surface area contributed by atoms with Crippen molar-refractivity contribution >= 4 is 35.8 Å². The number of aliphatic hydroxyl groups excluding tert-OH is 3. The van der Waals surface area contributed by atoms with Crippen LogP contribution in [0.1, 0.15) is 80.1 Å². The fourth-order valence-corrected chi connectivity index (χ4v) is 11.2. The van der Waals surface area contributed by atoms with E-state index in [1.165, 1.54) is 18.2 Å². The van der Waals surface area contributed by atoms with Crippen molar-refractivity contribution in [1.82, 2.24) is 0 Å². The largest absolute Gasteiger partial charge is 0.481 e. The summed E-state index contributed by atoms with van der Waals surface area (Å²) < 4.78 is 22.3. The highest BCUT2D eigenvalue weighted by atomic mass is 16.6. The second kappa shape index (κ2) is 19.3. The van der Waals surface area contributed by atoms with E-state index in [1.54, 1.807) is 0 Å². The molecule has 5 aliphatic rings. The van der Waals surface area contributed by atoms with E-state index in [0.29, 0.717) is 19.3 Å². The summed E-state index contributed by atoms with van der Waals surface area (Å²) in [6.07, 6.45) is 5.43. The summed E-state index contributed by atoms with van der Waals surface area (Å²) in [7, 11) is 0. The van der Waals surface area contributed by atoms with Gasteiger partial charge in [-0.25, -0.2) is 14.4 Å². The summed E-state index contributed by atoms with van der Waals surface area (Å²) in [5, 5.41) is 74.6. The van der Waals surface area contributed by atoms with Gasteiger partial charge >= 0.3 is 35.8 Å². The molecule has 0 aromatic heterocycles. The van der Waals surface area contributed by atoms with Crippen LogP contribution in [-0.4, -0.2) is 128 Å². The number of fused-ring (bicyclic) bond motifs is 2. The molecule has 62 heavy (non-hydrogen) atoms. The summed E-state index contributed by atoms with van der Waals surface area (Å²) in [6, 6.07) is 0. The second-order valence-electron chi connectivity index (χ2n) is 19.2. The van der Waals surface area contributed by atoms with Crippen LogP contribution < -0.4 is 0 Å². The number of carbonyl (C=O) groups excluding carboxylic acids is 4. The Morgan fingerprint density at radius 3 is 1.68 bits per heavy atom. The molecular weight excluding hydrogens is 812 g/mol. The Kier molecular flexibility index (Phi) is 15.2. The standard InChI is InChI=1S/C45H64O17/c1-22(2)28-7-10-43(57,19-59-39(53)26(17-47)14-32-29(23(3)4)8-11-44(58)20-60-41(55)35(32)44)34(38(51)52)31(28)15-27(18-48)40(54)62-45-12-9-30(24(5)6)33(13-25(16-46)37(49)50)36(45)42(56)61-21-45/h13-15,22-24,28-36,46-48,57-58H,7-12,16-21H2,1-6H3,(H,49,50)(H,51,52)/b25-13+,26-14+,27-15+/t28-,29-,30-,31-,32-,33-,34-,35-,36-,43-,44-,45-/m1/s1. The van der Waals surface area contributed by atoms with Crippen molar-refractivity contribution in [3.8, 4) is 0 Å². The van der Waals surface area contributed by atoms with Crippen molar-refractivity contribution in [2.24, 2.45) is 71.0 Å². The highest BCUT2D eigenvalue weighted by Gasteiger charge is 2.61. The van der Waals surface area contributed by atoms with E-state index < -0.39 is 120 Å². The Morgan fingerprint density at radius 1 is 0.661 bits per heavy atom. The zero-order valence-corrected chi connectivity index (χ0v) is 36.4. The van der Waals surface area contributed by atoms with Crippen LogP contribution in [0, 0.1) is 71.0 Å². The maximum absolute atomic E-state index is 14.1. The van der Waals surface area contributed by atoms with E-state index in [1.807, 2.05) is 41.5 Å². The minimum absolute atomic E-state index is 0.0253. The molecule has 0 aromatic carbocycles. The van der Waals surface area contributed by atoms with Gasteiger partial charge in [0, 0.05) is 0 Å². The van der Waals surface area contributed by atoms with Crippen LogP contribution in [0.3, 0.4) is 0 Å². The Bertz CT molecular complexity index is 1830. The molecule has 0 amide bonds. The molecule has 0 aromatic rings. The van der Waals surface area contributed by atoms with Gasteiger partial charge in [0.2, 0.25) is 0 Å². The number of rotatable bonds is 16. The van der Waals surface area contributed by atoms with Crippen molar-refractivity contribution in [2.45, 2.75) is 96.9 Å². The number of esters is 4. The number of ether oxygens (including phenoxy) is 4. The van der Waals surface area contributed by atoms with Gasteiger partial charge in [-0.1, -0.05) is 59.8 Å². The third kappa shape index (κ3) is 9.52. The number of aliphatic hydroxyl groups is 5. The number of hydrogen-bond acceptors (Lipinski definition) is 15. The zero-order valence-electron chi connectivity index (χ0n) is 36.4. The quantitative estimate of drug-likeness (QED) is 0.0665. The van der Waals surface area contributed by atoms with Crippen LogP contribution in [0.4, 0.5) is 0 Å². The smallest absolute Gasteiger partial charge is 0.336 e. The van der Waals surface area contributed by atoms with Crippen LogP contribution >= 0.6 is 0 Å².